The fourth-order valence-corrected chi connectivity index (χ4v) is 2.33. The summed E-state index contributed by atoms with van der Waals surface area (Å²) >= 11 is 6.21. The number of nitrogens with zero attached hydrogens (tertiary/aromatic N) is 4. The average Bonchev–Trinajstić information content (AvgIpc) is 2.33. The minimum absolute atomic E-state index is 0.117. The molecule has 0 radical (unpaired) electrons. The van der Waals surface area contributed by atoms with Crippen molar-refractivity contribution in [3.05, 3.63) is 11.2 Å². The van der Waals surface area contributed by atoms with Gasteiger partial charge in [-0.3, -0.25) is 4.90 Å². The summed E-state index contributed by atoms with van der Waals surface area (Å²) in [7, 11) is 3.96. The number of hydrogen-bond donors (Lipinski definition) is 1. The topological polar surface area (TPSA) is 44.3 Å². The normalized spacial score (nSPS) is 19.9. The van der Waals surface area contributed by atoms with Gasteiger partial charge < -0.3 is 10.2 Å². The molecule has 0 saturated carbocycles. The van der Waals surface area contributed by atoms with E-state index in [2.05, 4.69) is 46.0 Å². The maximum atomic E-state index is 6.21. The highest BCUT2D eigenvalue weighted by atomic mass is 35.5. The number of hydrogen-bond acceptors (Lipinski definition) is 5. The van der Waals surface area contributed by atoms with Gasteiger partial charge in [-0.2, -0.15) is 4.98 Å². The van der Waals surface area contributed by atoms with Gasteiger partial charge in [0.2, 0.25) is 5.95 Å². The van der Waals surface area contributed by atoms with Crippen molar-refractivity contribution in [2.24, 2.45) is 0 Å². The van der Waals surface area contributed by atoms with E-state index in [1.165, 1.54) is 0 Å². The van der Waals surface area contributed by atoms with Gasteiger partial charge in [-0.15, -0.1) is 0 Å². The summed E-state index contributed by atoms with van der Waals surface area (Å²) in [5, 5.41) is 3.55. The van der Waals surface area contributed by atoms with Crippen molar-refractivity contribution in [2.45, 2.75) is 19.4 Å². The van der Waals surface area contributed by atoms with Crippen LogP contribution in [-0.4, -0.2) is 54.1 Å². The lowest BCUT2D eigenvalue weighted by Gasteiger charge is -2.45. The van der Waals surface area contributed by atoms with Crippen LogP contribution in [0.25, 0.3) is 0 Å². The second-order valence-corrected chi connectivity index (χ2v) is 5.68. The Balaban J connectivity index is 2.26. The van der Waals surface area contributed by atoms with Crippen LogP contribution in [0.2, 0.25) is 5.02 Å². The van der Waals surface area contributed by atoms with E-state index < -0.39 is 0 Å². The number of anilines is 2. The first-order valence-corrected chi connectivity index (χ1v) is 6.48. The van der Waals surface area contributed by atoms with Crippen molar-refractivity contribution in [2.75, 3.05) is 43.9 Å². The van der Waals surface area contributed by atoms with Gasteiger partial charge >= 0.3 is 0 Å². The zero-order valence-electron chi connectivity index (χ0n) is 11.4. The molecule has 1 saturated heterocycles. The molecular weight excluding hydrogens is 250 g/mol. The van der Waals surface area contributed by atoms with Gasteiger partial charge in [0.25, 0.3) is 0 Å². The highest BCUT2D eigenvalue weighted by Crippen LogP contribution is 2.28. The van der Waals surface area contributed by atoms with Crippen LogP contribution < -0.4 is 10.2 Å². The Bertz CT molecular complexity index is 434. The number of aromatic nitrogens is 2. The predicted molar refractivity (Wildman–Crippen MR) is 75.5 cm³/mol. The van der Waals surface area contributed by atoms with E-state index in [1.807, 2.05) is 0 Å². The molecule has 1 fully saturated rings. The van der Waals surface area contributed by atoms with Crippen LogP contribution in [-0.2, 0) is 0 Å². The summed E-state index contributed by atoms with van der Waals surface area (Å²) in [6.07, 6.45) is 1.65. The lowest BCUT2D eigenvalue weighted by atomic mass is 10.00. The van der Waals surface area contributed by atoms with Gasteiger partial charge in [-0.1, -0.05) is 11.6 Å². The molecule has 6 heteroatoms. The summed E-state index contributed by atoms with van der Waals surface area (Å²) in [4.78, 5) is 13.2. The largest absolute Gasteiger partial charge is 0.357 e. The Morgan fingerprint density at radius 2 is 2.11 bits per heavy atom. The van der Waals surface area contributed by atoms with Crippen molar-refractivity contribution in [3.8, 4) is 0 Å². The molecule has 5 nitrogen and oxygen atoms in total. The molecule has 1 N–H and O–H groups in total. The zero-order valence-corrected chi connectivity index (χ0v) is 12.1. The molecule has 0 aromatic carbocycles. The minimum atomic E-state index is 0.117. The van der Waals surface area contributed by atoms with Crippen LogP contribution >= 0.6 is 11.6 Å². The molecule has 0 aliphatic carbocycles. The minimum Gasteiger partial charge on any atom is -0.357 e. The number of likely N-dealkylation sites (N-methyl/N-ethyl adjacent to an activating group) is 1. The molecular formula is C12H20ClN5. The second-order valence-electron chi connectivity index (χ2n) is 5.27. The SMILES string of the molecule is CNc1ncc(Cl)c(N2CCN(C)C(C)(C)C2)n1. The Kier molecular flexibility index (Phi) is 3.64. The molecule has 1 aliphatic heterocycles. The summed E-state index contributed by atoms with van der Waals surface area (Å²) in [5.41, 5.74) is 0.117. The molecule has 0 bridgehead atoms. The van der Waals surface area contributed by atoms with Crippen molar-refractivity contribution in [1.82, 2.24) is 14.9 Å². The van der Waals surface area contributed by atoms with E-state index in [0.29, 0.717) is 11.0 Å². The third-order valence-corrected chi connectivity index (χ3v) is 3.83. The molecule has 100 valence electrons. The highest BCUT2D eigenvalue weighted by Gasteiger charge is 2.32. The van der Waals surface area contributed by atoms with E-state index in [4.69, 9.17) is 11.6 Å². The molecule has 2 rings (SSSR count). The lowest BCUT2D eigenvalue weighted by Crippen LogP contribution is -2.58. The van der Waals surface area contributed by atoms with E-state index in [9.17, 15) is 0 Å². The van der Waals surface area contributed by atoms with Crippen LogP contribution in [0.4, 0.5) is 11.8 Å². The summed E-state index contributed by atoms with van der Waals surface area (Å²) < 4.78 is 0. The number of halogens is 1. The number of rotatable bonds is 2. The van der Waals surface area contributed by atoms with Crippen molar-refractivity contribution in [3.63, 3.8) is 0 Å². The molecule has 2 heterocycles. The van der Waals surface area contributed by atoms with Gasteiger partial charge in [-0.25, -0.2) is 4.98 Å². The lowest BCUT2D eigenvalue weighted by molar-refractivity contribution is 0.138. The summed E-state index contributed by atoms with van der Waals surface area (Å²) in [5.74, 6) is 1.42. The Labute approximate surface area is 113 Å². The molecule has 0 amide bonds. The Morgan fingerprint density at radius 1 is 1.39 bits per heavy atom. The van der Waals surface area contributed by atoms with Crippen LogP contribution in [0, 0.1) is 0 Å². The predicted octanol–water partition coefficient (Wildman–Crippen LogP) is 1.70. The second kappa shape index (κ2) is 4.90. The van der Waals surface area contributed by atoms with Crippen LogP contribution in [0.15, 0.2) is 6.20 Å². The third-order valence-electron chi connectivity index (χ3n) is 3.57. The van der Waals surface area contributed by atoms with Gasteiger partial charge in [0.15, 0.2) is 5.82 Å². The van der Waals surface area contributed by atoms with Crippen LogP contribution in [0.5, 0.6) is 0 Å². The molecule has 0 atom stereocenters. The van der Waals surface area contributed by atoms with Gasteiger partial charge in [0, 0.05) is 32.2 Å². The maximum absolute atomic E-state index is 6.21. The average molecular weight is 270 g/mol. The number of nitrogens with one attached hydrogen (secondary N) is 1. The van der Waals surface area contributed by atoms with Gasteiger partial charge in [0.1, 0.15) is 5.02 Å². The summed E-state index contributed by atoms with van der Waals surface area (Å²) in [6.45, 7) is 7.30. The molecule has 1 aliphatic rings. The van der Waals surface area contributed by atoms with Gasteiger partial charge in [0.05, 0.1) is 6.20 Å². The number of piperazine rings is 1. The molecule has 1 aromatic rings. The monoisotopic (exact) mass is 269 g/mol. The third kappa shape index (κ3) is 2.52. The van der Waals surface area contributed by atoms with E-state index in [1.54, 1.807) is 13.2 Å². The first-order chi connectivity index (χ1) is 8.44. The zero-order chi connectivity index (χ0) is 13.3. The van der Waals surface area contributed by atoms with Crippen LogP contribution in [0.1, 0.15) is 13.8 Å². The van der Waals surface area contributed by atoms with E-state index in [-0.39, 0.29) is 5.54 Å². The quantitative estimate of drug-likeness (QED) is 0.885. The first kappa shape index (κ1) is 13.4. The van der Waals surface area contributed by atoms with Crippen molar-refractivity contribution >= 4 is 23.4 Å². The van der Waals surface area contributed by atoms with E-state index >= 15 is 0 Å². The van der Waals surface area contributed by atoms with Gasteiger partial charge in [-0.05, 0) is 20.9 Å². The van der Waals surface area contributed by atoms with Crippen molar-refractivity contribution in [1.29, 1.82) is 0 Å². The Hall–Kier alpha value is -1.07. The van der Waals surface area contributed by atoms with Crippen LogP contribution in [0.3, 0.4) is 0 Å². The maximum Gasteiger partial charge on any atom is 0.224 e. The fraction of sp³-hybridized carbons (Fsp3) is 0.667. The summed E-state index contributed by atoms with van der Waals surface area (Å²) in [6, 6.07) is 0. The smallest absolute Gasteiger partial charge is 0.224 e. The molecule has 0 spiro atoms. The standard InChI is InChI=1S/C12H20ClN5/c1-12(2)8-18(6-5-17(12)4)10-9(13)7-15-11(14-3)16-10/h7H,5-6,8H2,1-4H3,(H,14,15,16). The van der Waals surface area contributed by atoms with Crippen molar-refractivity contribution < 1.29 is 0 Å². The first-order valence-electron chi connectivity index (χ1n) is 6.10. The van der Waals surface area contributed by atoms with E-state index in [0.717, 1.165) is 25.5 Å². The fourth-order valence-electron chi connectivity index (χ4n) is 2.12. The Morgan fingerprint density at radius 3 is 2.72 bits per heavy atom. The molecule has 0 unspecified atom stereocenters. The molecule has 1 aromatic heterocycles. The highest BCUT2D eigenvalue weighted by molar-refractivity contribution is 6.32. The molecule has 18 heavy (non-hydrogen) atoms.